The molecule has 0 fully saturated rings. The lowest BCUT2D eigenvalue weighted by Crippen LogP contribution is -2.33. The van der Waals surface area contributed by atoms with Crippen molar-refractivity contribution < 1.29 is 18.9 Å². The van der Waals surface area contributed by atoms with E-state index in [1.165, 1.54) is 19.7 Å². The fraction of sp³-hybridized carbons (Fsp3) is 0.176. The van der Waals surface area contributed by atoms with Crippen molar-refractivity contribution in [2.45, 2.75) is 12.5 Å². The number of nitrogens with zero attached hydrogens (tertiary/aromatic N) is 1. The highest BCUT2D eigenvalue weighted by Gasteiger charge is 2.24. The first kappa shape index (κ1) is 21.1. The summed E-state index contributed by atoms with van der Waals surface area (Å²) in [6.45, 7) is 0. The van der Waals surface area contributed by atoms with E-state index in [2.05, 4.69) is 16.2 Å². The summed E-state index contributed by atoms with van der Waals surface area (Å²) in [5.74, 6) is 3.21. The van der Waals surface area contributed by atoms with E-state index in [4.69, 9.17) is 14.0 Å². The molecular formula is C17H14IN2O6PS. The van der Waals surface area contributed by atoms with Crippen molar-refractivity contribution in [2.24, 2.45) is 0 Å². The van der Waals surface area contributed by atoms with Crippen molar-refractivity contribution >= 4 is 38.5 Å². The van der Waals surface area contributed by atoms with Gasteiger partial charge in [0.05, 0.1) is 0 Å². The number of benzene rings is 1. The number of H-pyrrole nitrogens is 1. The van der Waals surface area contributed by atoms with Crippen LogP contribution in [-0.2, 0) is 9.47 Å². The molecule has 0 bridgehead atoms. The van der Waals surface area contributed by atoms with Crippen LogP contribution < -0.4 is 15.8 Å². The Morgan fingerprint density at radius 3 is 2.86 bits per heavy atom. The lowest BCUT2D eigenvalue weighted by molar-refractivity contribution is -0.126. The Balaban J connectivity index is 1.59. The molecule has 0 amide bonds. The van der Waals surface area contributed by atoms with E-state index < -0.39 is 32.1 Å². The third kappa shape index (κ3) is 5.70. The molecule has 2 heterocycles. The third-order valence-corrected chi connectivity index (χ3v) is 5.11. The molecule has 8 nitrogen and oxygen atoms in total. The van der Waals surface area contributed by atoms with E-state index >= 15 is 0 Å². The van der Waals surface area contributed by atoms with Crippen molar-refractivity contribution in [3.05, 3.63) is 75.1 Å². The van der Waals surface area contributed by atoms with E-state index in [1.807, 2.05) is 27.3 Å². The second-order valence-corrected chi connectivity index (χ2v) is 8.17. The van der Waals surface area contributed by atoms with Crippen LogP contribution >= 0.6 is 38.5 Å². The second-order valence-electron chi connectivity index (χ2n) is 5.35. The van der Waals surface area contributed by atoms with Gasteiger partial charge in [-0.25, -0.2) is 4.79 Å². The van der Waals surface area contributed by atoms with Crippen LogP contribution in [0.3, 0.4) is 0 Å². The number of aromatic nitrogens is 2. The van der Waals surface area contributed by atoms with Gasteiger partial charge in [0.1, 0.15) is 17.7 Å². The Morgan fingerprint density at radius 1 is 1.32 bits per heavy atom. The van der Waals surface area contributed by atoms with Crippen molar-refractivity contribution in [1.82, 2.24) is 9.55 Å². The van der Waals surface area contributed by atoms with Gasteiger partial charge in [0.2, 0.25) is 0 Å². The Bertz CT molecular complexity index is 1020. The number of nitrogens with one attached hydrogen (secondary N) is 1. The molecule has 1 aliphatic rings. The molecule has 0 saturated carbocycles. The molecule has 2 aromatic rings. The number of halogens is 1. The summed E-state index contributed by atoms with van der Waals surface area (Å²) >= 11 is 1.98. The summed E-state index contributed by atoms with van der Waals surface area (Å²) in [6.07, 6.45) is 2.97. The summed E-state index contributed by atoms with van der Waals surface area (Å²) in [4.78, 5) is 36.0. The molecule has 3 unspecified atom stereocenters. The molecule has 0 aliphatic carbocycles. The fourth-order valence-corrected chi connectivity index (χ4v) is 3.44. The molecule has 0 radical (unpaired) electrons. The van der Waals surface area contributed by atoms with Crippen molar-refractivity contribution in [3.8, 4) is 16.9 Å². The first-order valence-corrected chi connectivity index (χ1v) is 12.6. The van der Waals surface area contributed by atoms with Crippen LogP contribution in [0.25, 0.3) is 0 Å². The SMILES string of the molecule is O=c1[nH]c(=O)n(C2C=CC(OCP(O)Oc3ccccc3)O2)cc1C#CSI. The van der Waals surface area contributed by atoms with E-state index in [0.29, 0.717) is 5.75 Å². The van der Waals surface area contributed by atoms with Crippen molar-refractivity contribution in [1.29, 1.82) is 0 Å². The van der Waals surface area contributed by atoms with Crippen molar-refractivity contribution in [3.63, 3.8) is 0 Å². The molecule has 11 heteroatoms. The zero-order valence-corrected chi connectivity index (χ0v) is 18.0. The number of ether oxygens (including phenoxy) is 2. The molecule has 146 valence electrons. The largest absolute Gasteiger partial charge is 0.446 e. The molecule has 2 N–H and O–H groups in total. The molecule has 3 rings (SSSR count). The molecule has 1 aromatic heterocycles. The number of aromatic amines is 1. The fourth-order valence-electron chi connectivity index (χ4n) is 2.27. The first-order valence-electron chi connectivity index (χ1n) is 7.85. The van der Waals surface area contributed by atoms with E-state index in [0.717, 1.165) is 0 Å². The smallest absolute Gasteiger partial charge is 0.330 e. The van der Waals surface area contributed by atoms with Gasteiger partial charge in [-0.15, -0.1) is 0 Å². The molecule has 1 aliphatic heterocycles. The lowest BCUT2D eigenvalue weighted by Gasteiger charge is -2.18. The van der Waals surface area contributed by atoms with Crippen LogP contribution in [0.2, 0.25) is 0 Å². The Hall–Kier alpha value is -1.61. The topological polar surface area (TPSA) is 103 Å². The zero-order valence-electron chi connectivity index (χ0n) is 14.1. The minimum atomic E-state index is -1.84. The zero-order chi connectivity index (χ0) is 19.9. The van der Waals surface area contributed by atoms with Gasteiger partial charge in [-0.1, -0.05) is 18.2 Å². The van der Waals surface area contributed by atoms with Crippen LogP contribution in [0.15, 0.2) is 58.3 Å². The quantitative estimate of drug-likeness (QED) is 0.255. The van der Waals surface area contributed by atoms with E-state index in [-0.39, 0.29) is 11.9 Å². The molecule has 0 spiro atoms. The van der Waals surface area contributed by atoms with Gasteiger partial charge < -0.3 is 18.9 Å². The molecule has 3 atom stereocenters. The standard InChI is InChI=1S/C17H14IN2O6PS/c18-28-9-8-12-10-20(17(22)19-16(12)21)14-6-7-15(25-14)24-11-27(23)26-13-4-2-1-3-5-13/h1-7,10,14-15,23H,11H2,(H,19,21,22). The Kier molecular flexibility index (Phi) is 7.73. The van der Waals surface area contributed by atoms with Gasteiger partial charge in [0, 0.05) is 27.4 Å². The van der Waals surface area contributed by atoms with E-state index in [9.17, 15) is 14.5 Å². The van der Waals surface area contributed by atoms with Gasteiger partial charge in [-0.2, -0.15) is 0 Å². The van der Waals surface area contributed by atoms with Gasteiger partial charge in [-0.05, 0) is 44.4 Å². The number of para-hydroxylation sites is 1. The normalized spacial score (nSPS) is 19.1. The van der Waals surface area contributed by atoms with Crippen LogP contribution in [0.1, 0.15) is 11.8 Å². The highest BCUT2D eigenvalue weighted by atomic mass is 127. The lowest BCUT2D eigenvalue weighted by atomic mass is 10.3. The molecular weight excluding hydrogens is 518 g/mol. The summed E-state index contributed by atoms with van der Waals surface area (Å²) in [7, 11) is -0.610. The number of hydrogen-bond acceptors (Lipinski definition) is 7. The molecule has 0 saturated heterocycles. The van der Waals surface area contributed by atoms with Crippen LogP contribution in [0, 0.1) is 11.2 Å². The maximum Gasteiger partial charge on any atom is 0.330 e. The van der Waals surface area contributed by atoms with Crippen molar-refractivity contribution in [2.75, 3.05) is 6.35 Å². The van der Waals surface area contributed by atoms with E-state index in [1.54, 1.807) is 36.4 Å². The highest BCUT2D eigenvalue weighted by molar-refractivity contribution is 14.2. The Labute approximate surface area is 177 Å². The number of hydrogen-bond donors (Lipinski definition) is 2. The minimum absolute atomic E-state index is 0.0733. The summed E-state index contributed by atoms with van der Waals surface area (Å²) in [5.41, 5.74) is -1.02. The second kappa shape index (κ2) is 10.2. The monoisotopic (exact) mass is 532 g/mol. The van der Waals surface area contributed by atoms with Crippen LogP contribution in [0.5, 0.6) is 5.75 Å². The number of rotatable bonds is 6. The van der Waals surface area contributed by atoms with Crippen LogP contribution in [0.4, 0.5) is 0 Å². The van der Waals surface area contributed by atoms with Gasteiger partial charge in [-0.3, -0.25) is 14.3 Å². The summed E-state index contributed by atoms with van der Waals surface area (Å²) < 4.78 is 17.7. The maximum absolute atomic E-state index is 12.1. The minimum Gasteiger partial charge on any atom is -0.446 e. The molecule has 1 aromatic carbocycles. The highest BCUT2D eigenvalue weighted by Crippen LogP contribution is 2.34. The third-order valence-electron chi connectivity index (χ3n) is 3.48. The molecule has 28 heavy (non-hydrogen) atoms. The predicted molar refractivity (Wildman–Crippen MR) is 115 cm³/mol. The van der Waals surface area contributed by atoms with Crippen LogP contribution in [-0.4, -0.2) is 27.1 Å². The maximum atomic E-state index is 12.1. The summed E-state index contributed by atoms with van der Waals surface area (Å²) in [6, 6.07) is 8.90. The van der Waals surface area contributed by atoms with Gasteiger partial charge >= 0.3 is 5.69 Å². The Morgan fingerprint density at radius 2 is 2.11 bits per heavy atom. The average molecular weight is 532 g/mol. The average Bonchev–Trinajstić information content (AvgIpc) is 3.15. The predicted octanol–water partition coefficient (Wildman–Crippen LogP) is 2.70. The first-order chi connectivity index (χ1) is 13.6. The van der Waals surface area contributed by atoms with Gasteiger partial charge in [0.25, 0.3) is 13.9 Å². The summed E-state index contributed by atoms with van der Waals surface area (Å²) in [5, 5.41) is 2.70. The van der Waals surface area contributed by atoms with Gasteiger partial charge in [0.15, 0.2) is 12.5 Å².